The summed E-state index contributed by atoms with van der Waals surface area (Å²) in [6.45, 7) is 3.35. The molecule has 0 saturated carbocycles. The van der Waals surface area contributed by atoms with Crippen LogP contribution in [0.4, 0.5) is 10.5 Å². The Labute approximate surface area is 210 Å². The lowest BCUT2D eigenvalue weighted by atomic mass is 9.73. The highest BCUT2D eigenvalue weighted by atomic mass is 79.9. The SMILES string of the molecule is COc1ccc(NC(=O)N2CCC(CN(C)C)CN3[C@H](CO)[C@H](c4ccc(Br)cc4)[C@@H]3C2)cc1. The van der Waals surface area contributed by atoms with Crippen LogP contribution in [0.1, 0.15) is 17.9 Å². The second-order valence-corrected chi connectivity index (χ2v) is 10.5. The van der Waals surface area contributed by atoms with Gasteiger partial charge >= 0.3 is 6.03 Å². The third kappa shape index (κ3) is 5.57. The molecule has 2 aliphatic rings. The normalized spacial score (nSPS) is 25.2. The molecule has 4 rings (SSSR count). The summed E-state index contributed by atoms with van der Waals surface area (Å²) < 4.78 is 6.26. The largest absolute Gasteiger partial charge is 0.497 e. The van der Waals surface area contributed by atoms with Gasteiger partial charge in [-0.3, -0.25) is 4.90 Å². The van der Waals surface area contributed by atoms with Crippen molar-refractivity contribution in [2.75, 3.05) is 59.3 Å². The molecule has 2 heterocycles. The van der Waals surface area contributed by atoms with Crippen molar-refractivity contribution >= 4 is 27.6 Å². The van der Waals surface area contributed by atoms with Gasteiger partial charge in [-0.2, -0.15) is 0 Å². The van der Waals surface area contributed by atoms with E-state index in [1.807, 2.05) is 29.2 Å². The van der Waals surface area contributed by atoms with Crippen molar-refractivity contribution in [3.8, 4) is 5.75 Å². The van der Waals surface area contributed by atoms with Gasteiger partial charge < -0.3 is 25.0 Å². The van der Waals surface area contributed by atoms with Crippen LogP contribution in [0.15, 0.2) is 53.0 Å². The predicted molar refractivity (Wildman–Crippen MR) is 138 cm³/mol. The number of amides is 2. The van der Waals surface area contributed by atoms with Gasteiger partial charge in [0, 0.05) is 54.3 Å². The van der Waals surface area contributed by atoms with Crippen LogP contribution < -0.4 is 10.1 Å². The van der Waals surface area contributed by atoms with Gasteiger partial charge in [0.2, 0.25) is 0 Å². The molecular weight excluding hydrogens is 496 g/mol. The van der Waals surface area contributed by atoms with Gasteiger partial charge in [-0.1, -0.05) is 28.1 Å². The van der Waals surface area contributed by atoms with Crippen LogP contribution in [0.3, 0.4) is 0 Å². The minimum atomic E-state index is -0.0855. The molecule has 184 valence electrons. The fraction of sp³-hybridized carbons (Fsp3) is 0.500. The Morgan fingerprint density at radius 1 is 1.15 bits per heavy atom. The number of hydrogen-bond acceptors (Lipinski definition) is 5. The van der Waals surface area contributed by atoms with Crippen molar-refractivity contribution < 1.29 is 14.6 Å². The minimum Gasteiger partial charge on any atom is -0.497 e. The molecule has 8 heteroatoms. The van der Waals surface area contributed by atoms with Crippen molar-refractivity contribution in [1.29, 1.82) is 0 Å². The highest BCUT2D eigenvalue weighted by molar-refractivity contribution is 9.10. The molecule has 0 aliphatic carbocycles. The number of carbonyl (C=O) groups excluding carboxylic acids is 1. The summed E-state index contributed by atoms with van der Waals surface area (Å²) in [6, 6.07) is 15.9. The van der Waals surface area contributed by atoms with E-state index in [1.54, 1.807) is 7.11 Å². The molecule has 0 spiro atoms. The number of hydrogen-bond donors (Lipinski definition) is 2. The van der Waals surface area contributed by atoms with Crippen molar-refractivity contribution in [2.45, 2.75) is 24.4 Å². The van der Waals surface area contributed by atoms with Gasteiger partial charge in [-0.15, -0.1) is 0 Å². The van der Waals surface area contributed by atoms with Crippen molar-refractivity contribution in [2.24, 2.45) is 5.92 Å². The average molecular weight is 531 g/mol. The quantitative estimate of drug-likeness (QED) is 0.595. The number of benzene rings is 2. The second-order valence-electron chi connectivity index (χ2n) is 9.61. The molecule has 2 saturated heterocycles. The third-order valence-electron chi connectivity index (χ3n) is 7.06. The molecule has 2 aliphatic heterocycles. The van der Waals surface area contributed by atoms with E-state index in [9.17, 15) is 9.90 Å². The number of methoxy groups -OCH3 is 1. The van der Waals surface area contributed by atoms with Crippen molar-refractivity contribution in [3.63, 3.8) is 0 Å². The first-order valence-electron chi connectivity index (χ1n) is 11.9. The molecule has 4 atom stereocenters. The minimum absolute atomic E-state index is 0.0698. The molecule has 2 N–H and O–H groups in total. The number of nitrogens with one attached hydrogen (secondary N) is 1. The summed E-state index contributed by atoms with van der Waals surface area (Å²) in [5.41, 5.74) is 1.96. The van der Waals surface area contributed by atoms with E-state index >= 15 is 0 Å². The maximum atomic E-state index is 13.3. The van der Waals surface area contributed by atoms with Crippen LogP contribution in [0.5, 0.6) is 5.75 Å². The zero-order chi connectivity index (χ0) is 24.2. The van der Waals surface area contributed by atoms with Gasteiger partial charge in [0.25, 0.3) is 0 Å². The molecule has 1 unspecified atom stereocenters. The fourth-order valence-corrected chi connectivity index (χ4v) is 5.69. The molecule has 2 aromatic carbocycles. The zero-order valence-corrected chi connectivity index (χ0v) is 21.7. The van der Waals surface area contributed by atoms with Crippen LogP contribution in [0.2, 0.25) is 0 Å². The first-order chi connectivity index (χ1) is 16.4. The Morgan fingerprint density at radius 3 is 2.47 bits per heavy atom. The number of urea groups is 1. The third-order valence-corrected chi connectivity index (χ3v) is 7.59. The molecule has 2 fully saturated rings. The lowest BCUT2D eigenvalue weighted by molar-refractivity contribution is -0.0713. The Hall–Kier alpha value is -2.13. The van der Waals surface area contributed by atoms with Gasteiger partial charge in [0.05, 0.1) is 13.7 Å². The summed E-state index contributed by atoms with van der Waals surface area (Å²) in [5, 5.41) is 13.4. The van der Waals surface area contributed by atoms with E-state index in [4.69, 9.17) is 4.74 Å². The molecule has 7 nitrogen and oxygen atoms in total. The van der Waals surface area contributed by atoms with E-state index in [2.05, 4.69) is 69.4 Å². The van der Waals surface area contributed by atoms with Crippen LogP contribution >= 0.6 is 15.9 Å². The van der Waals surface area contributed by atoms with Gasteiger partial charge in [-0.05, 0) is 68.4 Å². The number of anilines is 1. The number of rotatable bonds is 6. The maximum Gasteiger partial charge on any atom is 0.321 e. The standard InChI is InChI=1S/C26H35BrN4O3/c1-29(2)14-18-12-13-30(26(33)28-21-8-10-22(34-3)11-9-21)16-23-25(24(17-32)31(23)15-18)19-4-6-20(27)7-5-19/h4-11,18,23-25,32H,12-17H2,1-3H3,(H,28,33)/t18?,23-,24+,25+/m0/s1. The summed E-state index contributed by atoms with van der Waals surface area (Å²) in [5.74, 6) is 1.37. The number of halogens is 1. The number of aliphatic hydroxyl groups excluding tert-OH is 1. The van der Waals surface area contributed by atoms with Gasteiger partial charge in [0.1, 0.15) is 5.75 Å². The summed E-state index contributed by atoms with van der Waals surface area (Å²) in [7, 11) is 5.81. The lowest BCUT2D eigenvalue weighted by Gasteiger charge is -2.58. The number of nitrogens with zero attached hydrogens (tertiary/aromatic N) is 3. The highest BCUT2D eigenvalue weighted by Gasteiger charge is 2.50. The highest BCUT2D eigenvalue weighted by Crippen LogP contribution is 2.43. The molecule has 0 bridgehead atoms. The topological polar surface area (TPSA) is 68.3 Å². The lowest BCUT2D eigenvalue weighted by Crippen LogP contribution is -2.69. The monoisotopic (exact) mass is 530 g/mol. The molecular formula is C26H35BrN4O3. The number of aliphatic hydroxyl groups is 1. The van der Waals surface area contributed by atoms with E-state index in [1.165, 1.54) is 5.56 Å². The van der Waals surface area contributed by atoms with Gasteiger partial charge in [0.15, 0.2) is 0 Å². The van der Waals surface area contributed by atoms with Crippen LogP contribution in [-0.4, -0.2) is 91.9 Å². The Balaban J connectivity index is 1.56. The summed E-state index contributed by atoms with van der Waals surface area (Å²) in [6.07, 6.45) is 0.929. The smallest absolute Gasteiger partial charge is 0.321 e. The van der Waals surface area contributed by atoms with E-state index in [0.29, 0.717) is 19.0 Å². The van der Waals surface area contributed by atoms with Crippen LogP contribution in [0, 0.1) is 5.92 Å². The number of carbonyl (C=O) groups is 1. The number of fused-ring (bicyclic) bond motifs is 1. The Morgan fingerprint density at radius 2 is 1.85 bits per heavy atom. The predicted octanol–water partition coefficient (Wildman–Crippen LogP) is 3.70. The van der Waals surface area contributed by atoms with Crippen LogP contribution in [0.25, 0.3) is 0 Å². The first kappa shape index (κ1) is 25.0. The fourth-order valence-electron chi connectivity index (χ4n) is 5.42. The average Bonchev–Trinajstić information content (AvgIpc) is 2.81. The van der Waals surface area contributed by atoms with Crippen molar-refractivity contribution in [3.05, 3.63) is 58.6 Å². The molecule has 34 heavy (non-hydrogen) atoms. The van der Waals surface area contributed by atoms with E-state index in [0.717, 1.165) is 35.4 Å². The molecule has 0 radical (unpaired) electrons. The molecule has 2 aromatic rings. The summed E-state index contributed by atoms with van der Waals surface area (Å²) >= 11 is 3.52. The van der Waals surface area contributed by atoms with Crippen LogP contribution in [-0.2, 0) is 0 Å². The van der Waals surface area contributed by atoms with Gasteiger partial charge in [-0.25, -0.2) is 4.79 Å². The summed E-state index contributed by atoms with van der Waals surface area (Å²) in [4.78, 5) is 19.9. The first-order valence-corrected chi connectivity index (χ1v) is 12.7. The van der Waals surface area contributed by atoms with Crippen molar-refractivity contribution in [1.82, 2.24) is 14.7 Å². The Bertz CT molecular complexity index is 954. The number of ether oxygens (including phenoxy) is 1. The Kier molecular flexibility index (Phi) is 8.14. The molecule has 2 amide bonds. The second kappa shape index (κ2) is 11.1. The van der Waals surface area contributed by atoms with E-state index < -0.39 is 0 Å². The zero-order valence-electron chi connectivity index (χ0n) is 20.2. The van der Waals surface area contributed by atoms with E-state index in [-0.39, 0.29) is 30.6 Å². The molecule has 0 aromatic heterocycles. The maximum absolute atomic E-state index is 13.3.